The van der Waals surface area contributed by atoms with Gasteiger partial charge in [0.2, 0.25) is 5.95 Å². The van der Waals surface area contributed by atoms with Crippen molar-refractivity contribution in [3.63, 3.8) is 0 Å². The Bertz CT molecular complexity index is 869. The zero-order chi connectivity index (χ0) is 17.3. The molecule has 126 valence electrons. The summed E-state index contributed by atoms with van der Waals surface area (Å²) in [7, 11) is 0. The van der Waals surface area contributed by atoms with Crippen molar-refractivity contribution in [2.24, 2.45) is 0 Å². The third-order valence-electron chi connectivity index (χ3n) is 4.23. The molecule has 0 radical (unpaired) electrons. The molecule has 0 aliphatic heterocycles. The van der Waals surface area contributed by atoms with Crippen LogP contribution in [0.3, 0.4) is 0 Å². The molecule has 2 aromatic carbocycles. The van der Waals surface area contributed by atoms with Gasteiger partial charge in [0.15, 0.2) is 0 Å². The normalized spacial score (nSPS) is 11.4. The van der Waals surface area contributed by atoms with Gasteiger partial charge in [0.05, 0.1) is 26.8 Å². The lowest BCUT2D eigenvalue weighted by Gasteiger charge is -2.13. The largest absolute Gasteiger partial charge is 0.324 e. The van der Waals surface area contributed by atoms with Crippen molar-refractivity contribution in [3.8, 4) is 0 Å². The molecule has 3 aromatic rings. The van der Waals surface area contributed by atoms with Crippen LogP contribution in [0.25, 0.3) is 11.0 Å². The Morgan fingerprint density at radius 2 is 1.79 bits per heavy atom. The van der Waals surface area contributed by atoms with Gasteiger partial charge in [0.25, 0.3) is 0 Å². The number of aromatic amines is 1. The van der Waals surface area contributed by atoms with Crippen LogP contribution in [-0.4, -0.2) is 9.97 Å². The van der Waals surface area contributed by atoms with E-state index in [0.717, 1.165) is 29.6 Å². The molecule has 1 heterocycles. The zero-order valence-corrected chi connectivity index (χ0v) is 15.7. The first-order valence-corrected chi connectivity index (χ1v) is 9.07. The summed E-state index contributed by atoms with van der Waals surface area (Å²) in [5, 5.41) is 4.99. The lowest BCUT2D eigenvalue weighted by molar-refractivity contribution is 0.645. The Morgan fingerprint density at radius 1 is 1.04 bits per heavy atom. The summed E-state index contributed by atoms with van der Waals surface area (Å²) < 4.78 is 0. The lowest BCUT2D eigenvalue weighted by Crippen LogP contribution is -1.97. The van der Waals surface area contributed by atoms with Crippen molar-refractivity contribution in [1.82, 2.24) is 9.97 Å². The molecule has 2 N–H and O–H groups in total. The van der Waals surface area contributed by atoms with E-state index in [9.17, 15) is 0 Å². The van der Waals surface area contributed by atoms with Gasteiger partial charge in [-0.05, 0) is 48.6 Å². The molecule has 0 fully saturated rings. The Morgan fingerprint density at radius 3 is 2.46 bits per heavy atom. The van der Waals surface area contributed by atoms with Crippen molar-refractivity contribution in [3.05, 3.63) is 51.0 Å². The topological polar surface area (TPSA) is 40.7 Å². The minimum Gasteiger partial charge on any atom is -0.324 e. The highest BCUT2D eigenvalue weighted by Gasteiger charge is 2.16. The van der Waals surface area contributed by atoms with Crippen LogP contribution in [-0.2, 0) is 0 Å². The van der Waals surface area contributed by atoms with Crippen LogP contribution < -0.4 is 5.32 Å². The minimum atomic E-state index is 0.458. The average Bonchev–Trinajstić information content (AvgIpc) is 2.98. The van der Waals surface area contributed by atoms with Crippen LogP contribution in [0.5, 0.6) is 0 Å². The molecule has 0 aliphatic rings. The van der Waals surface area contributed by atoms with E-state index in [0.29, 0.717) is 26.9 Å². The predicted octanol–water partition coefficient (Wildman–Crippen LogP) is 7.17. The van der Waals surface area contributed by atoms with Crippen LogP contribution in [0.1, 0.15) is 38.2 Å². The second-order valence-electron chi connectivity index (χ2n) is 5.71. The quantitative estimate of drug-likeness (QED) is 0.491. The van der Waals surface area contributed by atoms with Crippen LogP contribution in [0.15, 0.2) is 30.3 Å². The minimum absolute atomic E-state index is 0.458. The van der Waals surface area contributed by atoms with Crippen molar-refractivity contribution in [1.29, 1.82) is 0 Å². The van der Waals surface area contributed by atoms with Gasteiger partial charge < -0.3 is 10.3 Å². The monoisotopic (exact) mass is 381 g/mol. The molecule has 3 nitrogen and oxygen atoms in total. The van der Waals surface area contributed by atoms with Crippen LogP contribution >= 0.6 is 34.8 Å². The molecule has 24 heavy (non-hydrogen) atoms. The Kier molecular flexibility index (Phi) is 5.24. The first-order valence-electron chi connectivity index (χ1n) is 7.93. The van der Waals surface area contributed by atoms with Gasteiger partial charge in [-0.25, -0.2) is 4.98 Å². The van der Waals surface area contributed by atoms with Crippen LogP contribution in [0.4, 0.5) is 11.6 Å². The van der Waals surface area contributed by atoms with Crippen LogP contribution in [0, 0.1) is 0 Å². The molecule has 0 saturated carbocycles. The molecular weight excluding hydrogens is 365 g/mol. The number of H-pyrrole nitrogens is 1. The van der Waals surface area contributed by atoms with E-state index >= 15 is 0 Å². The fourth-order valence-corrected chi connectivity index (χ4v) is 3.57. The maximum Gasteiger partial charge on any atom is 0.205 e. The van der Waals surface area contributed by atoms with E-state index in [1.807, 2.05) is 12.1 Å². The van der Waals surface area contributed by atoms with E-state index in [2.05, 4.69) is 30.2 Å². The Hall–Kier alpha value is -1.42. The molecule has 1 aromatic heterocycles. The highest BCUT2D eigenvalue weighted by Crippen LogP contribution is 2.34. The lowest BCUT2D eigenvalue weighted by atomic mass is 9.93. The Balaban J connectivity index is 2.04. The number of nitrogens with one attached hydrogen (secondary N) is 2. The summed E-state index contributed by atoms with van der Waals surface area (Å²) in [4.78, 5) is 7.96. The highest BCUT2D eigenvalue weighted by molar-refractivity contribution is 6.36. The molecule has 0 aliphatic carbocycles. The van der Waals surface area contributed by atoms with E-state index in [1.165, 1.54) is 5.56 Å². The molecule has 0 atom stereocenters. The number of nitrogens with zero attached hydrogens (tertiary/aromatic N) is 1. The van der Waals surface area contributed by atoms with Crippen molar-refractivity contribution >= 4 is 57.5 Å². The van der Waals surface area contributed by atoms with Gasteiger partial charge in [-0.15, -0.1) is 0 Å². The van der Waals surface area contributed by atoms with Gasteiger partial charge in [-0.1, -0.05) is 54.7 Å². The van der Waals surface area contributed by atoms with E-state index in [4.69, 9.17) is 39.8 Å². The predicted molar refractivity (Wildman–Crippen MR) is 104 cm³/mol. The highest BCUT2D eigenvalue weighted by atomic mass is 35.5. The summed E-state index contributed by atoms with van der Waals surface area (Å²) in [5.41, 5.74) is 3.70. The van der Waals surface area contributed by atoms with Crippen LogP contribution in [0.2, 0.25) is 15.1 Å². The number of hydrogen-bond donors (Lipinski definition) is 2. The van der Waals surface area contributed by atoms with Gasteiger partial charge in [0.1, 0.15) is 0 Å². The first-order chi connectivity index (χ1) is 11.5. The molecule has 0 saturated heterocycles. The number of aromatic nitrogens is 2. The Labute approximate surface area is 156 Å². The molecule has 0 spiro atoms. The van der Waals surface area contributed by atoms with Gasteiger partial charge in [0, 0.05) is 5.02 Å². The number of rotatable bonds is 5. The second kappa shape index (κ2) is 7.22. The summed E-state index contributed by atoms with van der Waals surface area (Å²) in [6.45, 7) is 4.38. The average molecular weight is 383 g/mol. The van der Waals surface area contributed by atoms with Gasteiger partial charge >= 0.3 is 0 Å². The van der Waals surface area contributed by atoms with E-state index < -0.39 is 0 Å². The number of imidazole rings is 1. The third-order valence-corrected chi connectivity index (χ3v) is 5.10. The van der Waals surface area contributed by atoms with Crippen molar-refractivity contribution in [2.45, 2.75) is 32.6 Å². The van der Waals surface area contributed by atoms with Crippen molar-refractivity contribution in [2.75, 3.05) is 5.32 Å². The fraction of sp³-hybridized carbons (Fsp3) is 0.278. The molecule has 6 heteroatoms. The maximum atomic E-state index is 6.35. The number of hydrogen-bond acceptors (Lipinski definition) is 2. The number of benzene rings is 2. The van der Waals surface area contributed by atoms with Gasteiger partial charge in [-0.3, -0.25) is 0 Å². The zero-order valence-electron chi connectivity index (χ0n) is 13.5. The fourth-order valence-electron chi connectivity index (χ4n) is 2.92. The summed E-state index contributed by atoms with van der Waals surface area (Å²) in [6.07, 6.45) is 2.12. The van der Waals surface area contributed by atoms with Gasteiger partial charge in [-0.2, -0.15) is 0 Å². The second-order valence-corrected chi connectivity index (χ2v) is 6.96. The molecule has 3 rings (SSSR count). The molecular formula is C18H18Cl3N3. The summed E-state index contributed by atoms with van der Waals surface area (Å²) >= 11 is 18.5. The molecule has 0 amide bonds. The maximum absolute atomic E-state index is 6.35. The number of anilines is 2. The molecule has 0 unspecified atom stereocenters. The standard InChI is InChI=1S/C18H18Cl3N3/c1-3-10(4-2)12-6-7-13(20)17-16(12)23-18(24-17)22-15-8-5-11(19)9-14(15)21/h5-10H,3-4H2,1-2H3,(H2,22,23,24). The summed E-state index contributed by atoms with van der Waals surface area (Å²) in [5.74, 6) is 1.06. The molecule has 0 bridgehead atoms. The number of fused-ring (bicyclic) bond motifs is 1. The first kappa shape index (κ1) is 17.4. The SMILES string of the molecule is CCC(CC)c1ccc(Cl)c2[nH]c(Nc3ccc(Cl)cc3Cl)nc12. The van der Waals surface area contributed by atoms with E-state index in [-0.39, 0.29) is 0 Å². The third kappa shape index (κ3) is 3.34. The number of halogens is 3. The van der Waals surface area contributed by atoms with Crippen molar-refractivity contribution < 1.29 is 0 Å². The smallest absolute Gasteiger partial charge is 0.205 e. The summed E-state index contributed by atoms with van der Waals surface area (Å²) in [6, 6.07) is 9.29. The van der Waals surface area contributed by atoms with E-state index in [1.54, 1.807) is 12.1 Å².